The summed E-state index contributed by atoms with van der Waals surface area (Å²) >= 11 is 0. The number of methoxy groups -OCH3 is 2. The van der Waals surface area contributed by atoms with Gasteiger partial charge in [0.15, 0.2) is 18.2 Å². The fourth-order valence-corrected chi connectivity index (χ4v) is 3.60. The largest absolute Gasteiger partial charge is 0.493 e. The quantitative estimate of drug-likeness (QED) is 0.668. The van der Waals surface area contributed by atoms with Crippen molar-refractivity contribution in [1.29, 1.82) is 0 Å². The fraction of sp³-hybridized carbons (Fsp3) is 0.389. The first-order valence-electron chi connectivity index (χ1n) is 8.34. The molecular weight excluding hydrogens is 370 g/mol. The molecule has 2 aromatic rings. The van der Waals surface area contributed by atoms with E-state index in [1.165, 1.54) is 37.0 Å². The van der Waals surface area contributed by atoms with Gasteiger partial charge in [-0.2, -0.15) is 0 Å². The van der Waals surface area contributed by atoms with Crippen molar-refractivity contribution in [2.24, 2.45) is 0 Å². The summed E-state index contributed by atoms with van der Waals surface area (Å²) in [5.41, 5.74) is 0.759. The minimum atomic E-state index is -3.59. The van der Waals surface area contributed by atoms with Gasteiger partial charge in [0.2, 0.25) is 10.0 Å². The number of ether oxygens (including phenoxy) is 2. The lowest BCUT2D eigenvalue weighted by atomic mass is 10.2. The molecule has 1 aromatic heterocycles. The number of hydrogen-bond acceptors (Lipinski definition) is 5. The molecule has 0 fully saturated rings. The predicted molar refractivity (Wildman–Crippen MR) is 102 cm³/mol. The summed E-state index contributed by atoms with van der Waals surface area (Å²) in [7, 11) is 4.41. The lowest BCUT2D eigenvalue weighted by molar-refractivity contribution is -0.917. The Labute approximate surface area is 159 Å². The summed E-state index contributed by atoms with van der Waals surface area (Å²) < 4.78 is 37.6. The van der Waals surface area contributed by atoms with Gasteiger partial charge in [0.05, 0.1) is 26.2 Å². The van der Waals surface area contributed by atoms with Crippen LogP contribution >= 0.6 is 0 Å². The number of aromatic nitrogens is 1. The minimum Gasteiger partial charge on any atom is -0.493 e. The van der Waals surface area contributed by atoms with Crippen LogP contribution in [0.3, 0.4) is 0 Å². The molecule has 0 bridgehead atoms. The van der Waals surface area contributed by atoms with E-state index in [-0.39, 0.29) is 10.5 Å². The van der Waals surface area contributed by atoms with Gasteiger partial charge in [-0.05, 0) is 24.3 Å². The second-order valence-corrected chi connectivity index (χ2v) is 8.59. The number of sulfonamides is 1. The third-order valence-corrected chi connectivity index (χ3v) is 5.93. The van der Waals surface area contributed by atoms with Crippen molar-refractivity contribution in [3.63, 3.8) is 0 Å². The molecule has 27 heavy (non-hydrogen) atoms. The molecule has 0 radical (unpaired) electrons. The molecular formula is C18H26N3O5S+. The monoisotopic (exact) mass is 396 g/mol. The second kappa shape index (κ2) is 8.55. The Morgan fingerprint density at radius 2 is 1.74 bits per heavy atom. The first kappa shape index (κ1) is 20.9. The zero-order valence-electron chi connectivity index (χ0n) is 16.2. The van der Waals surface area contributed by atoms with Gasteiger partial charge in [-0.15, -0.1) is 0 Å². The van der Waals surface area contributed by atoms with E-state index in [9.17, 15) is 13.2 Å². The Hall–Kier alpha value is -2.36. The van der Waals surface area contributed by atoms with Crippen LogP contribution in [0.5, 0.6) is 11.5 Å². The van der Waals surface area contributed by atoms with Gasteiger partial charge in [0.1, 0.15) is 6.54 Å². The number of pyridine rings is 1. The summed E-state index contributed by atoms with van der Waals surface area (Å²) in [5, 5.41) is 0. The fourth-order valence-electron chi connectivity index (χ4n) is 2.68. The van der Waals surface area contributed by atoms with Gasteiger partial charge < -0.3 is 14.4 Å². The number of nitrogens with zero attached hydrogens (tertiary/aromatic N) is 2. The average molecular weight is 396 g/mol. The first-order chi connectivity index (χ1) is 12.7. The molecule has 1 unspecified atom stereocenters. The van der Waals surface area contributed by atoms with Gasteiger partial charge in [-0.25, -0.2) is 12.7 Å². The summed E-state index contributed by atoms with van der Waals surface area (Å²) in [5.74, 6) is 1.29. The van der Waals surface area contributed by atoms with Crippen molar-refractivity contribution in [3.8, 4) is 11.5 Å². The first-order valence-corrected chi connectivity index (χ1v) is 9.78. The zero-order valence-corrected chi connectivity index (χ0v) is 17.0. The summed E-state index contributed by atoms with van der Waals surface area (Å²) in [6.45, 7) is 0.946. The molecule has 1 heterocycles. The zero-order chi connectivity index (χ0) is 20.2. The van der Waals surface area contributed by atoms with Gasteiger partial charge in [-0.3, -0.25) is 9.36 Å². The van der Waals surface area contributed by atoms with Gasteiger partial charge in [0.25, 0.3) is 5.56 Å². The molecule has 0 aliphatic carbocycles. The maximum Gasteiger partial charge on any atom is 0.254 e. The van der Waals surface area contributed by atoms with Crippen molar-refractivity contribution >= 4 is 10.0 Å². The number of hydrogen-bond donors (Lipinski definition) is 1. The molecule has 0 aliphatic heterocycles. The molecule has 0 saturated heterocycles. The number of quaternary nitrogens is 1. The molecule has 0 saturated carbocycles. The van der Waals surface area contributed by atoms with E-state index in [1.807, 2.05) is 25.2 Å². The van der Waals surface area contributed by atoms with E-state index in [4.69, 9.17) is 9.47 Å². The summed E-state index contributed by atoms with van der Waals surface area (Å²) in [6.07, 6.45) is 1.38. The van der Waals surface area contributed by atoms with Crippen LogP contribution in [-0.4, -0.2) is 52.7 Å². The van der Waals surface area contributed by atoms with Crippen LogP contribution in [0.1, 0.15) is 5.56 Å². The maximum absolute atomic E-state index is 12.3. The Bertz CT molecular complexity index is 954. The highest BCUT2D eigenvalue weighted by atomic mass is 32.2. The minimum absolute atomic E-state index is 0.0889. The Morgan fingerprint density at radius 1 is 1.07 bits per heavy atom. The Balaban J connectivity index is 2.21. The van der Waals surface area contributed by atoms with Crippen molar-refractivity contribution < 1.29 is 22.8 Å². The van der Waals surface area contributed by atoms with Crippen molar-refractivity contribution in [2.45, 2.75) is 18.1 Å². The predicted octanol–water partition coefficient (Wildman–Crippen LogP) is -0.212. The van der Waals surface area contributed by atoms with Crippen molar-refractivity contribution in [1.82, 2.24) is 8.87 Å². The van der Waals surface area contributed by atoms with Crippen LogP contribution in [-0.2, 0) is 23.2 Å². The molecule has 148 valence electrons. The number of nitrogens with one attached hydrogen (secondary N) is 1. The van der Waals surface area contributed by atoms with Crippen LogP contribution in [0.4, 0.5) is 0 Å². The van der Waals surface area contributed by atoms with Gasteiger partial charge in [0, 0.05) is 31.9 Å². The van der Waals surface area contributed by atoms with Crippen LogP contribution in [0.2, 0.25) is 0 Å². The summed E-state index contributed by atoms with van der Waals surface area (Å²) in [6, 6.07) is 8.26. The van der Waals surface area contributed by atoms with Crippen LogP contribution in [0, 0.1) is 0 Å². The third-order valence-electron chi connectivity index (χ3n) is 4.13. The highest BCUT2D eigenvalue weighted by Crippen LogP contribution is 2.27. The second-order valence-electron chi connectivity index (χ2n) is 6.44. The lowest BCUT2D eigenvalue weighted by Crippen LogP contribution is -3.07. The maximum atomic E-state index is 12.3. The normalized spacial score (nSPS) is 12.8. The molecule has 8 nitrogen and oxygen atoms in total. The Kier molecular flexibility index (Phi) is 6.63. The number of rotatable bonds is 8. The molecule has 0 amide bonds. The van der Waals surface area contributed by atoms with E-state index < -0.39 is 10.0 Å². The number of benzene rings is 1. The molecule has 0 aliphatic rings. The third kappa shape index (κ3) is 4.88. The molecule has 0 spiro atoms. The molecule has 9 heteroatoms. The van der Waals surface area contributed by atoms with Crippen LogP contribution in [0.15, 0.2) is 46.2 Å². The average Bonchev–Trinajstić information content (AvgIpc) is 2.63. The Morgan fingerprint density at radius 3 is 2.33 bits per heavy atom. The van der Waals surface area contributed by atoms with E-state index in [0.717, 1.165) is 14.8 Å². The van der Waals surface area contributed by atoms with Crippen LogP contribution < -0.4 is 19.9 Å². The van der Waals surface area contributed by atoms with E-state index in [0.29, 0.717) is 24.7 Å². The molecule has 2 rings (SSSR count). The van der Waals surface area contributed by atoms with E-state index >= 15 is 0 Å². The smallest absolute Gasteiger partial charge is 0.254 e. The van der Waals surface area contributed by atoms with Crippen LogP contribution in [0.25, 0.3) is 0 Å². The van der Waals surface area contributed by atoms with Gasteiger partial charge in [-0.1, -0.05) is 0 Å². The highest BCUT2D eigenvalue weighted by Gasteiger charge is 2.19. The van der Waals surface area contributed by atoms with E-state index in [1.54, 1.807) is 14.2 Å². The topological polar surface area (TPSA) is 82.3 Å². The highest BCUT2D eigenvalue weighted by molar-refractivity contribution is 7.89. The van der Waals surface area contributed by atoms with Gasteiger partial charge >= 0.3 is 0 Å². The van der Waals surface area contributed by atoms with Crippen molar-refractivity contribution in [3.05, 3.63) is 52.4 Å². The van der Waals surface area contributed by atoms with E-state index in [2.05, 4.69) is 0 Å². The lowest BCUT2D eigenvalue weighted by Gasteiger charge is -2.18. The van der Waals surface area contributed by atoms with Crippen molar-refractivity contribution in [2.75, 3.05) is 35.4 Å². The summed E-state index contributed by atoms with van der Waals surface area (Å²) in [4.78, 5) is 13.2. The molecule has 1 atom stereocenters. The SMILES string of the molecule is COc1ccc(C[NH+](C)Cn2cc(S(=O)(=O)N(C)C)ccc2=O)cc1OC. The molecule has 1 aromatic carbocycles. The standard InChI is InChI=1S/C18H25N3O5S/c1-19(2)27(23,24)15-7-9-18(22)21(12-15)13-20(3)11-14-6-8-16(25-4)17(10-14)26-5/h6-10,12H,11,13H2,1-5H3/p+1. The molecule has 1 N–H and O–H groups in total.